The first-order valence-corrected chi connectivity index (χ1v) is 7.68. The summed E-state index contributed by atoms with van der Waals surface area (Å²) in [6.07, 6.45) is 3.47. The normalized spacial score (nSPS) is 15.4. The van der Waals surface area contributed by atoms with Crippen molar-refractivity contribution in [2.24, 2.45) is 0 Å². The van der Waals surface area contributed by atoms with E-state index in [4.69, 9.17) is 0 Å². The molecule has 1 aliphatic rings. The highest BCUT2D eigenvalue weighted by atomic mass is 15.4. The van der Waals surface area contributed by atoms with Gasteiger partial charge in [0.15, 0.2) is 11.5 Å². The van der Waals surface area contributed by atoms with Crippen LogP contribution in [0.4, 0.5) is 11.6 Å². The van der Waals surface area contributed by atoms with Gasteiger partial charge in [0.05, 0.1) is 0 Å². The minimum absolute atomic E-state index is 0.779. The van der Waals surface area contributed by atoms with Crippen molar-refractivity contribution in [2.45, 2.75) is 13.8 Å². The molecule has 0 unspecified atom stereocenters. The summed E-state index contributed by atoms with van der Waals surface area (Å²) in [5, 5.41) is 12.8. The van der Waals surface area contributed by atoms with Crippen LogP contribution < -0.4 is 9.80 Å². The van der Waals surface area contributed by atoms with Crippen molar-refractivity contribution in [2.75, 3.05) is 36.0 Å². The van der Waals surface area contributed by atoms with E-state index >= 15 is 0 Å². The highest BCUT2D eigenvalue weighted by Gasteiger charge is 2.20. The van der Waals surface area contributed by atoms with Gasteiger partial charge in [-0.3, -0.25) is 0 Å². The van der Waals surface area contributed by atoms with Gasteiger partial charge < -0.3 is 9.80 Å². The van der Waals surface area contributed by atoms with Gasteiger partial charge in [-0.1, -0.05) is 0 Å². The summed E-state index contributed by atoms with van der Waals surface area (Å²) in [4.78, 5) is 13.1. The molecule has 118 valence electrons. The second kappa shape index (κ2) is 5.45. The molecule has 0 atom stereocenters. The van der Waals surface area contributed by atoms with E-state index in [1.807, 2.05) is 32.2 Å². The largest absolute Gasteiger partial charge is 0.353 e. The Kier molecular flexibility index (Phi) is 3.29. The van der Waals surface area contributed by atoms with Crippen LogP contribution in [0.15, 0.2) is 24.7 Å². The summed E-state index contributed by atoms with van der Waals surface area (Å²) in [7, 11) is 0. The van der Waals surface area contributed by atoms with Crippen LogP contribution in [-0.2, 0) is 0 Å². The molecule has 1 fully saturated rings. The number of nitrogens with zero attached hydrogens (tertiary/aromatic N) is 8. The average molecular weight is 310 g/mol. The standard InChI is InChI=1S/C15H18N8/c1-11-9-16-10-17-15(11)22-7-5-21(6-8-22)14-4-3-13-19-18-12(2)23(13)20-14/h3-4,9-10H,5-8H2,1-2H3. The molecule has 4 heterocycles. The van der Waals surface area contributed by atoms with Crippen LogP contribution in [0.3, 0.4) is 0 Å². The molecule has 0 radical (unpaired) electrons. The predicted octanol–water partition coefficient (Wildman–Crippen LogP) is 0.858. The quantitative estimate of drug-likeness (QED) is 0.695. The van der Waals surface area contributed by atoms with E-state index in [9.17, 15) is 0 Å². The summed E-state index contributed by atoms with van der Waals surface area (Å²) in [5.74, 6) is 2.79. The number of piperazine rings is 1. The Labute approximate surface area is 133 Å². The molecule has 1 aliphatic heterocycles. The summed E-state index contributed by atoms with van der Waals surface area (Å²) in [5.41, 5.74) is 1.89. The van der Waals surface area contributed by atoms with Crippen LogP contribution in [-0.4, -0.2) is 56.0 Å². The molecule has 8 nitrogen and oxygen atoms in total. The summed E-state index contributed by atoms with van der Waals surface area (Å²) in [6.45, 7) is 7.60. The van der Waals surface area contributed by atoms with Crippen LogP contribution in [0, 0.1) is 13.8 Å². The minimum Gasteiger partial charge on any atom is -0.353 e. The van der Waals surface area contributed by atoms with Gasteiger partial charge in [0.1, 0.15) is 18.0 Å². The first-order valence-electron chi connectivity index (χ1n) is 7.68. The van der Waals surface area contributed by atoms with E-state index in [2.05, 4.69) is 35.1 Å². The molecule has 0 saturated carbocycles. The molecule has 0 N–H and O–H groups in total. The fraction of sp³-hybridized carbons (Fsp3) is 0.400. The Balaban J connectivity index is 1.52. The lowest BCUT2D eigenvalue weighted by atomic mass is 10.2. The molecule has 0 amide bonds. The number of hydrogen-bond acceptors (Lipinski definition) is 7. The average Bonchev–Trinajstić information content (AvgIpc) is 2.96. The highest BCUT2D eigenvalue weighted by Crippen LogP contribution is 2.20. The zero-order valence-electron chi connectivity index (χ0n) is 13.2. The Bertz CT molecular complexity index is 834. The van der Waals surface area contributed by atoms with Gasteiger partial charge >= 0.3 is 0 Å². The van der Waals surface area contributed by atoms with Crippen LogP contribution in [0.5, 0.6) is 0 Å². The maximum Gasteiger partial charge on any atom is 0.178 e. The minimum atomic E-state index is 0.779. The van der Waals surface area contributed by atoms with Gasteiger partial charge in [-0.05, 0) is 26.0 Å². The number of hydrogen-bond donors (Lipinski definition) is 0. The first kappa shape index (κ1) is 13.9. The van der Waals surface area contributed by atoms with Gasteiger partial charge in [0, 0.05) is 37.9 Å². The Hall–Kier alpha value is -2.77. The lowest BCUT2D eigenvalue weighted by Crippen LogP contribution is -2.47. The smallest absolute Gasteiger partial charge is 0.178 e. The van der Waals surface area contributed by atoms with Crippen molar-refractivity contribution in [3.63, 3.8) is 0 Å². The van der Waals surface area contributed by atoms with Crippen molar-refractivity contribution < 1.29 is 0 Å². The second-order valence-electron chi connectivity index (χ2n) is 5.71. The topological polar surface area (TPSA) is 75.3 Å². The van der Waals surface area contributed by atoms with Crippen molar-refractivity contribution >= 4 is 17.3 Å². The van der Waals surface area contributed by atoms with Gasteiger partial charge in [-0.2, -0.15) is 4.52 Å². The fourth-order valence-electron chi connectivity index (χ4n) is 2.93. The summed E-state index contributed by atoms with van der Waals surface area (Å²) >= 11 is 0. The molecule has 0 aliphatic carbocycles. The van der Waals surface area contributed by atoms with Gasteiger partial charge in [0.2, 0.25) is 0 Å². The fourth-order valence-corrected chi connectivity index (χ4v) is 2.93. The van der Waals surface area contributed by atoms with Crippen molar-refractivity contribution in [3.05, 3.63) is 36.0 Å². The zero-order valence-corrected chi connectivity index (χ0v) is 13.2. The van der Waals surface area contributed by atoms with Crippen LogP contribution >= 0.6 is 0 Å². The van der Waals surface area contributed by atoms with Crippen LogP contribution in [0.2, 0.25) is 0 Å². The number of aryl methyl sites for hydroxylation is 2. The van der Waals surface area contributed by atoms with Gasteiger partial charge in [0.25, 0.3) is 0 Å². The third-order valence-corrected chi connectivity index (χ3v) is 4.18. The SMILES string of the molecule is Cc1cncnc1N1CCN(c2ccc3nnc(C)n3n2)CC1. The molecule has 1 saturated heterocycles. The van der Waals surface area contributed by atoms with E-state index in [1.54, 1.807) is 10.8 Å². The van der Waals surface area contributed by atoms with Crippen LogP contribution in [0.25, 0.3) is 5.65 Å². The van der Waals surface area contributed by atoms with Crippen LogP contribution in [0.1, 0.15) is 11.4 Å². The molecule has 8 heteroatoms. The van der Waals surface area contributed by atoms with Crippen molar-refractivity contribution in [1.82, 2.24) is 29.8 Å². The highest BCUT2D eigenvalue weighted by molar-refractivity contribution is 5.49. The molecule has 4 rings (SSSR count). The molecule has 3 aromatic rings. The first-order chi connectivity index (χ1) is 11.2. The van der Waals surface area contributed by atoms with E-state index < -0.39 is 0 Å². The Morgan fingerprint density at radius 1 is 0.957 bits per heavy atom. The Morgan fingerprint density at radius 2 is 1.74 bits per heavy atom. The Morgan fingerprint density at radius 3 is 2.52 bits per heavy atom. The summed E-state index contributed by atoms with van der Waals surface area (Å²) in [6, 6.07) is 3.97. The van der Waals surface area contributed by atoms with Crippen molar-refractivity contribution in [3.8, 4) is 0 Å². The molecule has 0 bridgehead atoms. The zero-order chi connectivity index (χ0) is 15.8. The van der Waals surface area contributed by atoms with Gasteiger partial charge in [-0.15, -0.1) is 15.3 Å². The third-order valence-electron chi connectivity index (χ3n) is 4.18. The monoisotopic (exact) mass is 310 g/mol. The predicted molar refractivity (Wildman–Crippen MR) is 86.7 cm³/mol. The maximum absolute atomic E-state index is 4.65. The number of aromatic nitrogens is 6. The molecule has 3 aromatic heterocycles. The van der Waals surface area contributed by atoms with E-state index in [-0.39, 0.29) is 0 Å². The number of anilines is 2. The molecular weight excluding hydrogens is 292 g/mol. The lowest BCUT2D eigenvalue weighted by molar-refractivity contribution is 0.633. The van der Waals surface area contributed by atoms with Gasteiger partial charge in [-0.25, -0.2) is 9.97 Å². The van der Waals surface area contributed by atoms with Crippen molar-refractivity contribution in [1.29, 1.82) is 0 Å². The summed E-state index contributed by atoms with van der Waals surface area (Å²) < 4.78 is 1.79. The van der Waals surface area contributed by atoms with E-state index in [0.717, 1.165) is 54.8 Å². The third kappa shape index (κ3) is 2.45. The molecule has 23 heavy (non-hydrogen) atoms. The lowest BCUT2D eigenvalue weighted by Gasteiger charge is -2.36. The van der Waals surface area contributed by atoms with E-state index in [1.165, 1.54) is 0 Å². The van der Waals surface area contributed by atoms with E-state index in [0.29, 0.717) is 0 Å². The molecule has 0 aromatic carbocycles. The molecule has 0 spiro atoms. The number of fused-ring (bicyclic) bond motifs is 1. The maximum atomic E-state index is 4.65. The molecular formula is C15H18N8. The number of rotatable bonds is 2. The second-order valence-corrected chi connectivity index (χ2v) is 5.71.